The Bertz CT molecular complexity index is 444. The van der Waals surface area contributed by atoms with Crippen LogP contribution < -0.4 is 10.5 Å². The molecule has 1 aromatic rings. The second-order valence-corrected chi connectivity index (χ2v) is 2.99. The molecule has 2 N–H and O–H groups in total. The SMILES string of the molecule is Cl.N#Cc1cccc(OCC(=CF)CN)c1F. The third-order valence-corrected chi connectivity index (χ3v) is 1.91. The predicted octanol–water partition coefficient (Wildman–Crippen LogP) is 2.31. The molecule has 0 radical (unpaired) electrons. The number of hydrogen-bond acceptors (Lipinski definition) is 3. The quantitative estimate of drug-likeness (QED) is 0.904. The lowest BCUT2D eigenvalue weighted by molar-refractivity contribution is 0.328. The van der Waals surface area contributed by atoms with Crippen LogP contribution in [0, 0.1) is 17.1 Å². The Labute approximate surface area is 104 Å². The number of benzene rings is 1. The molecule has 0 atom stereocenters. The maximum atomic E-state index is 13.4. The summed E-state index contributed by atoms with van der Waals surface area (Å²) in [7, 11) is 0. The van der Waals surface area contributed by atoms with Crippen molar-refractivity contribution in [2.75, 3.05) is 13.2 Å². The summed E-state index contributed by atoms with van der Waals surface area (Å²) in [6, 6.07) is 5.86. The highest BCUT2D eigenvalue weighted by molar-refractivity contribution is 5.85. The van der Waals surface area contributed by atoms with E-state index in [0.29, 0.717) is 6.33 Å². The Hall–Kier alpha value is -1.64. The van der Waals surface area contributed by atoms with E-state index < -0.39 is 5.82 Å². The molecular formula is C11H11ClF2N2O. The fraction of sp³-hybridized carbons (Fsp3) is 0.182. The Morgan fingerprint density at radius 1 is 1.53 bits per heavy atom. The molecule has 0 bridgehead atoms. The molecule has 0 aliphatic carbocycles. The first-order chi connectivity index (χ1) is 7.72. The van der Waals surface area contributed by atoms with Crippen LogP contribution in [0.2, 0.25) is 0 Å². The summed E-state index contributed by atoms with van der Waals surface area (Å²) in [4.78, 5) is 0. The van der Waals surface area contributed by atoms with Crippen molar-refractivity contribution in [2.24, 2.45) is 5.73 Å². The van der Waals surface area contributed by atoms with E-state index in [2.05, 4.69) is 0 Å². The molecule has 6 heteroatoms. The maximum Gasteiger partial charge on any atom is 0.182 e. The van der Waals surface area contributed by atoms with Crippen LogP contribution in [-0.2, 0) is 0 Å². The van der Waals surface area contributed by atoms with E-state index in [1.165, 1.54) is 18.2 Å². The molecule has 92 valence electrons. The third-order valence-electron chi connectivity index (χ3n) is 1.91. The molecule has 0 aromatic heterocycles. The van der Waals surface area contributed by atoms with Crippen LogP contribution in [0.5, 0.6) is 5.75 Å². The van der Waals surface area contributed by atoms with Crippen LogP contribution in [0.25, 0.3) is 0 Å². The number of rotatable bonds is 4. The van der Waals surface area contributed by atoms with Gasteiger partial charge in [-0.05, 0) is 12.1 Å². The van der Waals surface area contributed by atoms with Crippen molar-refractivity contribution in [2.45, 2.75) is 0 Å². The van der Waals surface area contributed by atoms with Crippen LogP contribution in [0.3, 0.4) is 0 Å². The fourth-order valence-corrected chi connectivity index (χ4v) is 1.01. The van der Waals surface area contributed by atoms with Crippen molar-refractivity contribution in [3.05, 3.63) is 41.5 Å². The van der Waals surface area contributed by atoms with Gasteiger partial charge in [0.1, 0.15) is 12.7 Å². The summed E-state index contributed by atoms with van der Waals surface area (Å²) < 4.78 is 30.6. The van der Waals surface area contributed by atoms with Crippen molar-refractivity contribution in [3.63, 3.8) is 0 Å². The standard InChI is InChI=1S/C11H10F2N2O.ClH/c12-4-8(5-14)7-16-10-3-1-2-9(6-15)11(10)13;/h1-4H,5,7,14H2;1H. The number of nitrogens with two attached hydrogens (primary N) is 1. The summed E-state index contributed by atoms with van der Waals surface area (Å²) in [5, 5.41) is 8.58. The van der Waals surface area contributed by atoms with E-state index in [1.54, 1.807) is 6.07 Å². The number of nitrogens with zero attached hydrogens (tertiary/aromatic N) is 1. The number of nitriles is 1. The van der Waals surface area contributed by atoms with Crippen molar-refractivity contribution in [3.8, 4) is 11.8 Å². The van der Waals surface area contributed by atoms with Gasteiger partial charge in [-0.1, -0.05) is 6.07 Å². The van der Waals surface area contributed by atoms with Gasteiger partial charge >= 0.3 is 0 Å². The summed E-state index contributed by atoms with van der Waals surface area (Å²) in [6.07, 6.45) is 0.325. The van der Waals surface area contributed by atoms with Gasteiger partial charge in [-0.3, -0.25) is 0 Å². The van der Waals surface area contributed by atoms with Crippen LogP contribution >= 0.6 is 12.4 Å². The molecule has 17 heavy (non-hydrogen) atoms. The number of hydrogen-bond donors (Lipinski definition) is 1. The van der Waals surface area contributed by atoms with Crippen LogP contribution in [0.4, 0.5) is 8.78 Å². The minimum atomic E-state index is -0.750. The lowest BCUT2D eigenvalue weighted by Crippen LogP contribution is -2.11. The number of ether oxygens (including phenoxy) is 1. The van der Waals surface area contributed by atoms with Crippen molar-refractivity contribution in [1.29, 1.82) is 5.26 Å². The van der Waals surface area contributed by atoms with Gasteiger partial charge in [0.05, 0.1) is 11.9 Å². The highest BCUT2D eigenvalue weighted by Gasteiger charge is 2.08. The second kappa shape index (κ2) is 7.60. The average Bonchev–Trinajstić information content (AvgIpc) is 2.32. The first-order valence-electron chi connectivity index (χ1n) is 4.52. The zero-order valence-corrected chi connectivity index (χ0v) is 9.64. The molecule has 0 aliphatic rings. The van der Waals surface area contributed by atoms with E-state index in [9.17, 15) is 8.78 Å². The van der Waals surface area contributed by atoms with Gasteiger partial charge < -0.3 is 10.5 Å². The van der Waals surface area contributed by atoms with Crippen molar-refractivity contribution in [1.82, 2.24) is 0 Å². The van der Waals surface area contributed by atoms with E-state index in [-0.39, 0.29) is 42.4 Å². The minimum absolute atomic E-state index is 0. The smallest absolute Gasteiger partial charge is 0.182 e. The Kier molecular flexibility index (Phi) is 6.87. The van der Waals surface area contributed by atoms with Crippen molar-refractivity contribution >= 4 is 12.4 Å². The van der Waals surface area contributed by atoms with Gasteiger partial charge in [0.2, 0.25) is 0 Å². The van der Waals surface area contributed by atoms with Crippen molar-refractivity contribution < 1.29 is 13.5 Å². The lowest BCUT2D eigenvalue weighted by Gasteiger charge is -2.08. The second-order valence-electron chi connectivity index (χ2n) is 2.99. The van der Waals surface area contributed by atoms with Crippen LogP contribution in [-0.4, -0.2) is 13.2 Å². The molecule has 0 saturated heterocycles. The lowest BCUT2D eigenvalue weighted by atomic mass is 10.2. The average molecular weight is 261 g/mol. The van der Waals surface area contributed by atoms with E-state index in [4.69, 9.17) is 15.7 Å². The molecule has 1 rings (SSSR count). The molecule has 0 heterocycles. The molecule has 1 aromatic carbocycles. The molecule has 3 nitrogen and oxygen atoms in total. The molecular weight excluding hydrogens is 250 g/mol. The molecule has 0 saturated carbocycles. The van der Waals surface area contributed by atoms with Crippen LogP contribution in [0.1, 0.15) is 5.56 Å². The highest BCUT2D eigenvalue weighted by Crippen LogP contribution is 2.20. The Balaban J connectivity index is 0.00000256. The van der Waals surface area contributed by atoms with E-state index in [0.717, 1.165) is 0 Å². The molecule has 0 spiro atoms. The largest absolute Gasteiger partial charge is 0.486 e. The summed E-state index contributed by atoms with van der Waals surface area (Å²) in [5.74, 6) is -0.841. The minimum Gasteiger partial charge on any atom is -0.486 e. The fourth-order valence-electron chi connectivity index (χ4n) is 1.01. The predicted molar refractivity (Wildman–Crippen MR) is 62.1 cm³/mol. The van der Waals surface area contributed by atoms with Gasteiger partial charge in [0.15, 0.2) is 11.6 Å². The summed E-state index contributed by atoms with van der Waals surface area (Å²) >= 11 is 0. The maximum absolute atomic E-state index is 13.4. The Morgan fingerprint density at radius 2 is 2.24 bits per heavy atom. The normalized spacial score (nSPS) is 10.4. The zero-order valence-electron chi connectivity index (χ0n) is 8.82. The molecule has 0 amide bonds. The van der Waals surface area contributed by atoms with Crippen LogP contribution in [0.15, 0.2) is 30.1 Å². The van der Waals surface area contributed by atoms with Gasteiger partial charge in [0, 0.05) is 12.1 Å². The first kappa shape index (κ1) is 15.4. The van der Waals surface area contributed by atoms with E-state index >= 15 is 0 Å². The monoisotopic (exact) mass is 260 g/mol. The first-order valence-corrected chi connectivity index (χ1v) is 4.52. The zero-order chi connectivity index (χ0) is 12.0. The Morgan fingerprint density at radius 3 is 2.76 bits per heavy atom. The van der Waals surface area contributed by atoms with Gasteiger partial charge in [-0.15, -0.1) is 12.4 Å². The topological polar surface area (TPSA) is 59.0 Å². The highest BCUT2D eigenvalue weighted by atomic mass is 35.5. The van der Waals surface area contributed by atoms with Gasteiger partial charge in [0.25, 0.3) is 0 Å². The van der Waals surface area contributed by atoms with E-state index in [1.807, 2.05) is 0 Å². The summed E-state index contributed by atoms with van der Waals surface area (Å²) in [6.45, 7) is -0.144. The summed E-state index contributed by atoms with van der Waals surface area (Å²) in [5.41, 5.74) is 5.30. The van der Waals surface area contributed by atoms with Gasteiger partial charge in [-0.25, -0.2) is 8.78 Å². The molecule has 0 aliphatic heterocycles. The number of halogens is 3. The van der Waals surface area contributed by atoms with Gasteiger partial charge in [-0.2, -0.15) is 5.26 Å². The third kappa shape index (κ3) is 4.02. The molecule has 0 unspecified atom stereocenters. The molecule has 0 fully saturated rings.